The van der Waals surface area contributed by atoms with Crippen LogP contribution in [0.5, 0.6) is 0 Å². The summed E-state index contributed by atoms with van der Waals surface area (Å²) in [4.78, 5) is 12.4. The zero-order valence-electron chi connectivity index (χ0n) is 15.5. The predicted molar refractivity (Wildman–Crippen MR) is 104 cm³/mol. The minimum Gasteiger partial charge on any atom is -0.371 e. The SMILES string of the molecule is CCCCc1ccccc1C(N)(NC(O)(CC)c1ccccc1)C(N)=O. The van der Waals surface area contributed by atoms with Crippen molar-refractivity contribution < 1.29 is 9.90 Å². The summed E-state index contributed by atoms with van der Waals surface area (Å²) in [5, 5.41) is 14.2. The highest BCUT2D eigenvalue weighted by Crippen LogP contribution is 2.29. The minimum absolute atomic E-state index is 0.320. The van der Waals surface area contributed by atoms with Crippen LogP contribution in [0.2, 0.25) is 0 Å². The fourth-order valence-electron chi connectivity index (χ4n) is 3.16. The van der Waals surface area contributed by atoms with Crippen LogP contribution in [-0.4, -0.2) is 11.0 Å². The fourth-order valence-corrected chi connectivity index (χ4v) is 3.16. The summed E-state index contributed by atoms with van der Waals surface area (Å²) < 4.78 is 0. The summed E-state index contributed by atoms with van der Waals surface area (Å²) in [6.07, 6.45) is 3.11. The lowest BCUT2D eigenvalue weighted by molar-refractivity contribution is -0.130. The number of aliphatic hydroxyl groups is 1. The van der Waals surface area contributed by atoms with E-state index in [9.17, 15) is 9.90 Å². The summed E-state index contributed by atoms with van der Waals surface area (Å²) in [6, 6.07) is 16.6. The molecule has 6 N–H and O–H groups in total. The van der Waals surface area contributed by atoms with Crippen LogP contribution in [0.3, 0.4) is 0 Å². The topological polar surface area (TPSA) is 101 Å². The third-order valence-electron chi connectivity index (χ3n) is 4.80. The van der Waals surface area contributed by atoms with Gasteiger partial charge in [0.15, 0.2) is 5.66 Å². The van der Waals surface area contributed by atoms with E-state index in [-0.39, 0.29) is 0 Å². The highest BCUT2D eigenvalue weighted by Gasteiger charge is 2.43. The van der Waals surface area contributed by atoms with Crippen molar-refractivity contribution in [3.63, 3.8) is 0 Å². The average Bonchev–Trinajstić information content (AvgIpc) is 2.67. The Kier molecular flexibility index (Phi) is 6.53. The van der Waals surface area contributed by atoms with Crippen molar-refractivity contribution in [1.29, 1.82) is 0 Å². The number of nitrogens with one attached hydrogen (secondary N) is 1. The number of nitrogens with two attached hydrogens (primary N) is 2. The Morgan fingerprint density at radius 1 is 1.08 bits per heavy atom. The number of amides is 1. The van der Waals surface area contributed by atoms with Crippen LogP contribution in [0.4, 0.5) is 0 Å². The molecule has 0 bridgehead atoms. The van der Waals surface area contributed by atoms with E-state index >= 15 is 0 Å². The van der Waals surface area contributed by atoms with E-state index in [0.717, 1.165) is 24.8 Å². The molecule has 0 heterocycles. The van der Waals surface area contributed by atoms with Gasteiger partial charge in [-0.05, 0) is 36.0 Å². The third kappa shape index (κ3) is 4.12. The van der Waals surface area contributed by atoms with Gasteiger partial charge in [-0.25, -0.2) is 0 Å². The van der Waals surface area contributed by atoms with Gasteiger partial charge in [-0.2, -0.15) is 0 Å². The molecule has 2 unspecified atom stereocenters. The van der Waals surface area contributed by atoms with Crippen LogP contribution in [0.15, 0.2) is 54.6 Å². The lowest BCUT2D eigenvalue weighted by Gasteiger charge is -2.39. The number of carbonyl (C=O) groups is 1. The number of hydrogen-bond donors (Lipinski definition) is 4. The molecule has 0 aliphatic heterocycles. The van der Waals surface area contributed by atoms with Crippen LogP contribution in [-0.2, 0) is 22.6 Å². The van der Waals surface area contributed by atoms with Crippen LogP contribution in [0, 0.1) is 0 Å². The van der Waals surface area contributed by atoms with Crippen molar-refractivity contribution in [3.05, 3.63) is 71.3 Å². The first kappa shape index (κ1) is 20.1. The molecule has 2 aromatic rings. The average molecular weight is 355 g/mol. The zero-order valence-corrected chi connectivity index (χ0v) is 15.5. The van der Waals surface area contributed by atoms with Gasteiger partial charge in [0.05, 0.1) is 0 Å². The molecule has 0 spiro atoms. The number of rotatable bonds is 9. The minimum atomic E-state index is -1.69. The first-order valence-corrected chi connectivity index (χ1v) is 9.11. The lowest BCUT2D eigenvalue weighted by atomic mass is 9.88. The first-order valence-electron chi connectivity index (χ1n) is 9.11. The largest absolute Gasteiger partial charge is 0.371 e. The Morgan fingerprint density at radius 2 is 1.69 bits per heavy atom. The summed E-state index contributed by atoms with van der Waals surface area (Å²) >= 11 is 0. The molecule has 5 nitrogen and oxygen atoms in total. The molecule has 1 amide bonds. The van der Waals surface area contributed by atoms with Crippen molar-refractivity contribution >= 4 is 5.91 Å². The number of carbonyl (C=O) groups excluding carboxylic acids is 1. The van der Waals surface area contributed by atoms with Gasteiger partial charge < -0.3 is 16.6 Å². The Morgan fingerprint density at radius 3 is 2.27 bits per heavy atom. The van der Waals surface area contributed by atoms with Crippen LogP contribution < -0.4 is 16.8 Å². The van der Waals surface area contributed by atoms with Crippen LogP contribution >= 0.6 is 0 Å². The van der Waals surface area contributed by atoms with E-state index in [4.69, 9.17) is 11.5 Å². The summed E-state index contributed by atoms with van der Waals surface area (Å²) in [7, 11) is 0. The van der Waals surface area contributed by atoms with Gasteiger partial charge in [0.2, 0.25) is 0 Å². The third-order valence-corrected chi connectivity index (χ3v) is 4.80. The molecule has 5 heteroatoms. The maximum Gasteiger partial charge on any atom is 0.257 e. The number of unbranched alkanes of at least 4 members (excludes halogenated alkanes) is 1. The Bertz CT molecular complexity index is 735. The number of hydrogen-bond acceptors (Lipinski definition) is 4. The normalized spacial score (nSPS) is 15.8. The van der Waals surface area contributed by atoms with Crippen LogP contribution in [0.1, 0.15) is 49.8 Å². The van der Waals surface area contributed by atoms with Gasteiger partial charge in [0.25, 0.3) is 5.91 Å². The lowest BCUT2D eigenvalue weighted by Crippen LogP contribution is -2.65. The van der Waals surface area contributed by atoms with Gasteiger partial charge in [-0.1, -0.05) is 74.9 Å². The molecule has 0 fully saturated rings. The van der Waals surface area contributed by atoms with Crippen molar-refractivity contribution in [2.45, 2.75) is 50.9 Å². The summed E-state index contributed by atoms with van der Waals surface area (Å²) in [5.41, 5.74) is 11.2. The molecule has 0 radical (unpaired) electrons. The van der Waals surface area contributed by atoms with Gasteiger partial charge in [0, 0.05) is 0 Å². The van der Waals surface area contributed by atoms with Gasteiger partial charge in [-0.15, -0.1) is 0 Å². The monoisotopic (exact) mass is 355 g/mol. The number of primary amides is 1. The summed E-state index contributed by atoms with van der Waals surface area (Å²) in [5.74, 6) is -0.732. The molecule has 0 aliphatic rings. The van der Waals surface area contributed by atoms with Gasteiger partial charge >= 0.3 is 0 Å². The van der Waals surface area contributed by atoms with Crippen molar-refractivity contribution in [1.82, 2.24) is 5.32 Å². The number of benzene rings is 2. The zero-order chi connectivity index (χ0) is 19.2. The van der Waals surface area contributed by atoms with Gasteiger partial charge in [-0.3, -0.25) is 10.1 Å². The molecular formula is C21H29N3O2. The second kappa shape index (κ2) is 8.45. The van der Waals surface area contributed by atoms with Crippen molar-refractivity contribution in [3.8, 4) is 0 Å². The fraction of sp³-hybridized carbons (Fsp3) is 0.381. The Hall–Kier alpha value is -2.21. The maximum atomic E-state index is 12.4. The molecule has 0 saturated carbocycles. The molecule has 0 saturated heterocycles. The molecule has 26 heavy (non-hydrogen) atoms. The molecule has 2 atom stereocenters. The predicted octanol–water partition coefficient (Wildman–Crippen LogP) is 2.47. The Balaban J connectivity index is 2.49. The van der Waals surface area contributed by atoms with Crippen molar-refractivity contribution in [2.75, 3.05) is 0 Å². The highest BCUT2D eigenvalue weighted by molar-refractivity contribution is 5.86. The van der Waals surface area contributed by atoms with Gasteiger partial charge in [0.1, 0.15) is 5.72 Å². The van der Waals surface area contributed by atoms with E-state index < -0.39 is 17.3 Å². The molecule has 2 aromatic carbocycles. The van der Waals surface area contributed by atoms with Crippen LogP contribution in [0.25, 0.3) is 0 Å². The van der Waals surface area contributed by atoms with E-state index in [1.165, 1.54) is 0 Å². The molecule has 2 rings (SSSR count). The highest BCUT2D eigenvalue weighted by atomic mass is 16.3. The number of aryl methyl sites for hydroxylation is 1. The summed E-state index contributed by atoms with van der Waals surface area (Å²) in [6.45, 7) is 3.93. The van der Waals surface area contributed by atoms with E-state index in [0.29, 0.717) is 17.5 Å². The van der Waals surface area contributed by atoms with E-state index in [2.05, 4.69) is 12.2 Å². The molecule has 140 valence electrons. The Labute approximate surface area is 155 Å². The van der Waals surface area contributed by atoms with E-state index in [1.54, 1.807) is 18.2 Å². The first-order chi connectivity index (χ1) is 12.4. The molecular weight excluding hydrogens is 326 g/mol. The molecule has 0 aliphatic carbocycles. The smallest absolute Gasteiger partial charge is 0.257 e. The second-order valence-electron chi connectivity index (χ2n) is 6.64. The van der Waals surface area contributed by atoms with E-state index in [1.807, 2.05) is 43.3 Å². The second-order valence-corrected chi connectivity index (χ2v) is 6.64. The maximum absolute atomic E-state index is 12.4. The van der Waals surface area contributed by atoms with Crippen molar-refractivity contribution in [2.24, 2.45) is 11.5 Å². The quantitative estimate of drug-likeness (QED) is 0.519. The standard InChI is InChI=1S/C21H29N3O2/c1-3-5-11-16-12-9-10-15-18(16)21(23,19(22)25)24-20(26,4-2)17-13-7-6-8-14-17/h6-10,12-15,24,26H,3-5,11,23H2,1-2H3,(H2,22,25). The molecule has 0 aromatic heterocycles.